The van der Waals surface area contributed by atoms with Gasteiger partial charge in [-0.05, 0) is 6.07 Å². The monoisotopic (exact) mass is 223 g/mol. The number of anilines is 2. The molecular weight excluding hydrogens is 214 g/mol. The number of aromatic carboxylic acids is 1. The van der Waals surface area contributed by atoms with Gasteiger partial charge in [0.05, 0.1) is 16.2 Å². The van der Waals surface area contributed by atoms with Crippen molar-refractivity contribution in [3.63, 3.8) is 0 Å². The second kappa shape index (κ2) is 3.69. The van der Waals surface area contributed by atoms with Gasteiger partial charge in [0, 0.05) is 19.2 Å². The Hall–Kier alpha value is -2.31. The summed E-state index contributed by atoms with van der Waals surface area (Å²) in [6.45, 7) is 1.17. The normalized spacial score (nSPS) is 13.2. The van der Waals surface area contributed by atoms with Gasteiger partial charge in [-0.25, -0.2) is 4.79 Å². The minimum absolute atomic E-state index is 0.0957. The Labute approximate surface area is 90.2 Å². The van der Waals surface area contributed by atoms with Crippen LogP contribution in [0.1, 0.15) is 10.4 Å². The van der Waals surface area contributed by atoms with Gasteiger partial charge in [-0.1, -0.05) is 0 Å². The molecule has 0 radical (unpaired) electrons. The molecule has 84 valence electrons. The maximum absolute atomic E-state index is 10.8. The SMILES string of the molecule is O=C(O)c1cc2c(c([N+](=O)[O-])c1)NCCN2. The van der Waals surface area contributed by atoms with E-state index >= 15 is 0 Å². The number of benzene rings is 1. The molecule has 0 aliphatic carbocycles. The lowest BCUT2D eigenvalue weighted by Crippen LogP contribution is -2.22. The molecule has 1 aliphatic rings. The van der Waals surface area contributed by atoms with E-state index in [9.17, 15) is 14.9 Å². The third-order valence-electron chi connectivity index (χ3n) is 2.30. The van der Waals surface area contributed by atoms with Crippen LogP contribution in [0.2, 0.25) is 0 Å². The van der Waals surface area contributed by atoms with E-state index in [0.717, 1.165) is 6.07 Å². The summed E-state index contributed by atoms with van der Waals surface area (Å²) in [6.07, 6.45) is 0. The van der Waals surface area contributed by atoms with E-state index in [1.165, 1.54) is 6.07 Å². The molecule has 0 saturated heterocycles. The molecule has 0 spiro atoms. The minimum Gasteiger partial charge on any atom is -0.478 e. The lowest BCUT2D eigenvalue weighted by atomic mass is 10.1. The molecule has 0 atom stereocenters. The molecule has 1 heterocycles. The van der Waals surface area contributed by atoms with Crippen molar-refractivity contribution in [2.75, 3.05) is 23.7 Å². The number of hydrogen-bond donors (Lipinski definition) is 3. The molecule has 0 saturated carbocycles. The zero-order valence-corrected chi connectivity index (χ0v) is 8.19. The Bertz CT molecular complexity index is 472. The molecule has 1 aromatic rings. The van der Waals surface area contributed by atoms with Gasteiger partial charge in [0.1, 0.15) is 5.69 Å². The van der Waals surface area contributed by atoms with Crippen LogP contribution in [0.25, 0.3) is 0 Å². The maximum Gasteiger partial charge on any atom is 0.336 e. The lowest BCUT2D eigenvalue weighted by molar-refractivity contribution is -0.383. The molecular formula is C9H9N3O4. The van der Waals surface area contributed by atoms with Crippen molar-refractivity contribution in [2.24, 2.45) is 0 Å². The van der Waals surface area contributed by atoms with Crippen LogP contribution in [0.3, 0.4) is 0 Å². The topological polar surface area (TPSA) is 104 Å². The first kappa shape index (κ1) is 10.2. The van der Waals surface area contributed by atoms with Crippen LogP contribution < -0.4 is 10.6 Å². The fourth-order valence-electron chi connectivity index (χ4n) is 1.60. The number of carbonyl (C=O) groups is 1. The highest BCUT2D eigenvalue weighted by molar-refractivity contribution is 5.94. The van der Waals surface area contributed by atoms with Gasteiger partial charge in [0.25, 0.3) is 5.69 Å². The van der Waals surface area contributed by atoms with Gasteiger partial charge in [-0.3, -0.25) is 10.1 Å². The molecule has 7 nitrogen and oxygen atoms in total. The van der Waals surface area contributed by atoms with E-state index in [-0.39, 0.29) is 11.3 Å². The molecule has 7 heteroatoms. The summed E-state index contributed by atoms with van der Waals surface area (Å²) in [6, 6.07) is 2.44. The number of nitrogens with one attached hydrogen (secondary N) is 2. The first-order valence-electron chi connectivity index (χ1n) is 4.63. The average molecular weight is 223 g/mol. The first-order chi connectivity index (χ1) is 7.59. The zero-order chi connectivity index (χ0) is 11.7. The summed E-state index contributed by atoms with van der Waals surface area (Å²) >= 11 is 0. The van der Waals surface area contributed by atoms with Gasteiger partial charge in [-0.15, -0.1) is 0 Å². The lowest BCUT2D eigenvalue weighted by Gasteiger charge is -2.19. The third kappa shape index (κ3) is 1.62. The fraction of sp³-hybridized carbons (Fsp3) is 0.222. The highest BCUT2D eigenvalue weighted by Gasteiger charge is 2.23. The van der Waals surface area contributed by atoms with Crippen LogP contribution in [-0.4, -0.2) is 29.1 Å². The Balaban J connectivity index is 2.61. The molecule has 1 aromatic carbocycles. The minimum atomic E-state index is -1.18. The van der Waals surface area contributed by atoms with E-state index in [1.54, 1.807) is 0 Å². The average Bonchev–Trinajstić information content (AvgIpc) is 2.27. The van der Waals surface area contributed by atoms with Crippen molar-refractivity contribution in [3.8, 4) is 0 Å². The van der Waals surface area contributed by atoms with Crippen molar-refractivity contribution in [1.82, 2.24) is 0 Å². The highest BCUT2D eigenvalue weighted by atomic mass is 16.6. The van der Waals surface area contributed by atoms with Gasteiger partial charge >= 0.3 is 5.97 Å². The Kier molecular flexibility index (Phi) is 2.35. The molecule has 0 bridgehead atoms. The van der Waals surface area contributed by atoms with Crippen molar-refractivity contribution >= 4 is 23.0 Å². The van der Waals surface area contributed by atoms with Crippen molar-refractivity contribution in [1.29, 1.82) is 0 Å². The summed E-state index contributed by atoms with van der Waals surface area (Å²) in [7, 11) is 0. The number of nitro groups is 1. The largest absolute Gasteiger partial charge is 0.478 e. The molecule has 16 heavy (non-hydrogen) atoms. The summed E-state index contributed by atoms with van der Waals surface area (Å²) < 4.78 is 0. The molecule has 0 amide bonds. The Morgan fingerprint density at radius 3 is 2.69 bits per heavy atom. The molecule has 3 N–H and O–H groups in total. The molecule has 0 aromatic heterocycles. The van der Waals surface area contributed by atoms with E-state index in [4.69, 9.17) is 5.11 Å². The van der Waals surface area contributed by atoms with E-state index < -0.39 is 10.9 Å². The van der Waals surface area contributed by atoms with Crippen LogP contribution in [0, 0.1) is 10.1 Å². The van der Waals surface area contributed by atoms with Crippen molar-refractivity contribution in [3.05, 3.63) is 27.8 Å². The second-order valence-corrected chi connectivity index (χ2v) is 3.33. The predicted octanol–water partition coefficient (Wildman–Crippen LogP) is 1.13. The summed E-state index contributed by atoms with van der Waals surface area (Å²) in [5, 5.41) is 25.4. The van der Waals surface area contributed by atoms with E-state index in [0.29, 0.717) is 24.5 Å². The highest BCUT2D eigenvalue weighted by Crippen LogP contribution is 2.35. The second-order valence-electron chi connectivity index (χ2n) is 3.33. The van der Waals surface area contributed by atoms with Crippen LogP contribution >= 0.6 is 0 Å². The number of rotatable bonds is 2. The van der Waals surface area contributed by atoms with Gasteiger partial charge in [-0.2, -0.15) is 0 Å². The molecule has 2 rings (SSSR count). The maximum atomic E-state index is 10.8. The Morgan fingerprint density at radius 2 is 2.06 bits per heavy atom. The number of nitro benzene ring substituents is 1. The van der Waals surface area contributed by atoms with Crippen molar-refractivity contribution in [2.45, 2.75) is 0 Å². The van der Waals surface area contributed by atoms with Crippen molar-refractivity contribution < 1.29 is 14.8 Å². The number of carboxylic acid groups (broad SMARTS) is 1. The number of fused-ring (bicyclic) bond motifs is 1. The smallest absolute Gasteiger partial charge is 0.336 e. The van der Waals surface area contributed by atoms with E-state index in [1.807, 2.05) is 0 Å². The predicted molar refractivity (Wildman–Crippen MR) is 57.0 cm³/mol. The van der Waals surface area contributed by atoms with Crippen LogP contribution in [0.15, 0.2) is 12.1 Å². The van der Waals surface area contributed by atoms with Crippen LogP contribution in [-0.2, 0) is 0 Å². The molecule has 1 aliphatic heterocycles. The van der Waals surface area contributed by atoms with Crippen LogP contribution in [0.5, 0.6) is 0 Å². The first-order valence-corrected chi connectivity index (χ1v) is 4.63. The summed E-state index contributed by atoms with van der Waals surface area (Å²) in [5.41, 5.74) is 0.489. The van der Waals surface area contributed by atoms with Gasteiger partial charge < -0.3 is 15.7 Å². The van der Waals surface area contributed by atoms with Gasteiger partial charge in [0.15, 0.2) is 0 Å². The van der Waals surface area contributed by atoms with E-state index in [2.05, 4.69) is 10.6 Å². The summed E-state index contributed by atoms with van der Waals surface area (Å²) in [5.74, 6) is -1.18. The summed E-state index contributed by atoms with van der Waals surface area (Å²) in [4.78, 5) is 21.0. The number of nitrogens with zero attached hydrogens (tertiary/aromatic N) is 1. The van der Waals surface area contributed by atoms with Crippen LogP contribution in [0.4, 0.5) is 17.1 Å². The van der Waals surface area contributed by atoms with Gasteiger partial charge in [0.2, 0.25) is 0 Å². The quantitative estimate of drug-likeness (QED) is 0.512. The fourth-order valence-corrected chi connectivity index (χ4v) is 1.60. The number of hydrogen-bond acceptors (Lipinski definition) is 5. The standard InChI is InChI=1S/C9H9N3O4/c13-9(14)5-3-6-8(11-2-1-10-6)7(4-5)12(15)16/h3-4,10-11H,1-2H2,(H,13,14). The zero-order valence-electron chi connectivity index (χ0n) is 8.19. The number of carboxylic acids is 1. The Morgan fingerprint density at radius 1 is 1.38 bits per heavy atom. The molecule has 0 fully saturated rings. The molecule has 0 unspecified atom stereocenters. The third-order valence-corrected chi connectivity index (χ3v) is 2.30.